The van der Waals surface area contributed by atoms with Crippen molar-refractivity contribution in [3.05, 3.63) is 77.4 Å². The van der Waals surface area contributed by atoms with Gasteiger partial charge >= 0.3 is 5.97 Å². The molecule has 3 atom stereocenters. The number of likely N-dealkylation sites (N-methyl/N-ethyl adjacent to an activating group) is 2. The second-order valence-electron chi connectivity index (χ2n) is 12.7. The molecule has 0 aliphatic heterocycles. The average Bonchev–Trinajstić information content (AvgIpc) is 3.01. The molecule has 0 saturated carbocycles. The maximum Gasteiger partial charge on any atom is 0.333 e. The molecule has 2 aromatic carbocycles. The summed E-state index contributed by atoms with van der Waals surface area (Å²) in [6, 6.07) is 15.8. The van der Waals surface area contributed by atoms with Crippen molar-refractivity contribution < 1.29 is 23.9 Å². The van der Waals surface area contributed by atoms with Crippen LogP contribution < -0.4 is 15.4 Å². The van der Waals surface area contributed by atoms with E-state index in [0.717, 1.165) is 16.9 Å². The Balaban J connectivity index is 2.49. The Labute approximate surface area is 274 Å². The largest absolute Gasteiger partial charge is 0.497 e. The molecular weight excluding hydrogens is 586 g/mol. The zero-order valence-electron chi connectivity index (χ0n) is 28.9. The first-order valence-corrected chi connectivity index (χ1v) is 16.5. The summed E-state index contributed by atoms with van der Waals surface area (Å²) in [5.74, 6) is 0.474. The van der Waals surface area contributed by atoms with Crippen molar-refractivity contribution >= 4 is 29.5 Å². The third-order valence-corrected chi connectivity index (χ3v) is 9.74. The van der Waals surface area contributed by atoms with E-state index in [0.29, 0.717) is 11.3 Å². The topological polar surface area (TPSA) is 97.0 Å². The fraction of sp³-hybridized carbons (Fsp3) is 0.528. The molecule has 0 fully saturated rings. The van der Waals surface area contributed by atoms with Gasteiger partial charge in [-0.1, -0.05) is 76.2 Å². The number of nitrogens with one attached hydrogen (secondary N) is 2. The molecule has 9 heteroatoms. The SMILES string of the molecule is CCOC(=O)C(C)=C[C@H](C(C)C)N(C)C(=O)[C@@H](NC(=O)[C@@H](NC)C(C)(C)c1ccccc1)C(C)(C)SCc1ccc(OC)cc1. The molecule has 0 aliphatic carbocycles. The van der Waals surface area contributed by atoms with E-state index in [4.69, 9.17) is 9.47 Å². The monoisotopic (exact) mass is 639 g/mol. The first-order chi connectivity index (χ1) is 21.1. The normalized spacial score (nSPS) is 14.4. The van der Waals surface area contributed by atoms with E-state index < -0.39 is 34.3 Å². The van der Waals surface area contributed by atoms with Crippen LogP contribution in [0.25, 0.3) is 0 Å². The lowest BCUT2D eigenvalue weighted by atomic mass is 9.77. The maximum absolute atomic E-state index is 14.5. The lowest BCUT2D eigenvalue weighted by Crippen LogP contribution is -2.63. The first kappa shape index (κ1) is 37.9. The molecule has 0 unspecified atom stereocenters. The predicted octanol–water partition coefficient (Wildman–Crippen LogP) is 5.75. The summed E-state index contributed by atoms with van der Waals surface area (Å²) in [7, 11) is 5.13. The maximum atomic E-state index is 14.5. The summed E-state index contributed by atoms with van der Waals surface area (Å²) in [5.41, 5.74) is 1.95. The van der Waals surface area contributed by atoms with Crippen LogP contribution >= 0.6 is 11.8 Å². The first-order valence-electron chi connectivity index (χ1n) is 15.5. The molecule has 2 rings (SSSR count). The minimum absolute atomic E-state index is 0.00295. The Morgan fingerprint density at radius 2 is 1.58 bits per heavy atom. The van der Waals surface area contributed by atoms with Crippen LogP contribution in [-0.2, 0) is 30.3 Å². The Morgan fingerprint density at radius 3 is 2.09 bits per heavy atom. The van der Waals surface area contributed by atoms with Crippen LogP contribution in [0.5, 0.6) is 5.75 Å². The number of rotatable bonds is 16. The summed E-state index contributed by atoms with van der Waals surface area (Å²) >= 11 is 1.60. The molecule has 0 saturated heterocycles. The molecule has 248 valence electrons. The zero-order valence-corrected chi connectivity index (χ0v) is 29.7. The number of carbonyl (C=O) groups excluding carboxylic acids is 3. The molecule has 0 aromatic heterocycles. The number of benzene rings is 2. The van der Waals surface area contributed by atoms with Crippen molar-refractivity contribution in [3.63, 3.8) is 0 Å². The van der Waals surface area contributed by atoms with Crippen molar-refractivity contribution in [1.29, 1.82) is 0 Å². The zero-order chi connectivity index (χ0) is 33.9. The number of carbonyl (C=O) groups is 3. The Morgan fingerprint density at radius 1 is 0.978 bits per heavy atom. The van der Waals surface area contributed by atoms with E-state index in [9.17, 15) is 14.4 Å². The van der Waals surface area contributed by atoms with Crippen LogP contribution in [0.2, 0.25) is 0 Å². The van der Waals surface area contributed by atoms with Crippen LogP contribution in [0.15, 0.2) is 66.2 Å². The van der Waals surface area contributed by atoms with Gasteiger partial charge in [-0.25, -0.2) is 4.79 Å². The van der Waals surface area contributed by atoms with Crippen molar-refractivity contribution in [3.8, 4) is 5.75 Å². The smallest absolute Gasteiger partial charge is 0.333 e. The quantitative estimate of drug-likeness (QED) is 0.178. The third kappa shape index (κ3) is 10.1. The molecule has 45 heavy (non-hydrogen) atoms. The number of hydrogen-bond acceptors (Lipinski definition) is 7. The molecule has 2 N–H and O–H groups in total. The highest BCUT2D eigenvalue weighted by Gasteiger charge is 2.43. The van der Waals surface area contributed by atoms with E-state index in [2.05, 4.69) is 10.6 Å². The number of esters is 1. The van der Waals surface area contributed by atoms with E-state index >= 15 is 0 Å². The molecular formula is C36H53N3O5S. The van der Waals surface area contributed by atoms with Gasteiger partial charge in [0.15, 0.2) is 0 Å². The molecule has 0 heterocycles. The fourth-order valence-electron chi connectivity index (χ4n) is 5.36. The van der Waals surface area contributed by atoms with Gasteiger partial charge in [0, 0.05) is 28.5 Å². The summed E-state index contributed by atoms with van der Waals surface area (Å²) in [6.07, 6.45) is 1.78. The Bertz CT molecular complexity index is 1290. The van der Waals surface area contributed by atoms with Gasteiger partial charge in [0.25, 0.3) is 0 Å². The van der Waals surface area contributed by atoms with E-state index in [-0.39, 0.29) is 24.3 Å². The summed E-state index contributed by atoms with van der Waals surface area (Å²) in [5, 5.41) is 6.37. The highest BCUT2D eigenvalue weighted by atomic mass is 32.2. The molecule has 8 nitrogen and oxygen atoms in total. The van der Waals surface area contributed by atoms with Gasteiger partial charge < -0.3 is 25.0 Å². The van der Waals surface area contributed by atoms with Crippen LogP contribution in [-0.4, -0.2) is 73.4 Å². The van der Waals surface area contributed by atoms with Gasteiger partial charge in [-0.2, -0.15) is 0 Å². The van der Waals surface area contributed by atoms with Crippen molar-refractivity contribution in [2.75, 3.05) is 27.8 Å². The number of amides is 2. The standard InChI is InChI=1S/C36H53N3O5S/c1-12-44-34(42)25(4)22-29(24(2)3)39(10)33(41)31(36(7,8)45-23-26-18-20-28(43-11)21-19-26)38-32(40)30(37-9)35(5,6)27-16-14-13-15-17-27/h13-22,24,29-31,37H,12,23H2,1-11H3,(H,38,40)/t29-,30-,31-/m1/s1. The number of thioether (sulfide) groups is 1. The highest BCUT2D eigenvalue weighted by molar-refractivity contribution is 7.99. The van der Waals surface area contributed by atoms with Crippen LogP contribution in [0.3, 0.4) is 0 Å². The lowest BCUT2D eigenvalue weighted by molar-refractivity contribution is -0.139. The second kappa shape index (κ2) is 16.9. The molecule has 2 amide bonds. The molecule has 0 bridgehead atoms. The van der Waals surface area contributed by atoms with Crippen molar-refractivity contribution in [1.82, 2.24) is 15.5 Å². The van der Waals surface area contributed by atoms with Crippen LogP contribution in [0.1, 0.15) is 66.5 Å². The fourth-order valence-corrected chi connectivity index (χ4v) is 6.42. The van der Waals surface area contributed by atoms with Gasteiger partial charge in [0.2, 0.25) is 11.8 Å². The van der Waals surface area contributed by atoms with Crippen LogP contribution in [0.4, 0.5) is 0 Å². The average molecular weight is 640 g/mol. The van der Waals surface area contributed by atoms with Gasteiger partial charge in [-0.15, -0.1) is 11.8 Å². The number of methoxy groups -OCH3 is 1. The van der Waals surface area contributed by atoms with Crippen LogP contribution in [0, 0.1) is 5.92 Å². The summed E-state index contributed by atoms with van der Waals surface area (Å²) < 4.78 is 9.78. The highest BCUT2D eigenvalue weighted by Crippen LogP contribution is 2.34. The van der Waals surface area contributed by atoms with Crippen molar-refractivity contribution in [2.45, 2.75) is 89.4 Å². The van der Waals surface area contributed by atoms with Crippen molar-refractivity contribution in [2.24, 2.45) is 5.92 Å². The van der Waals surface area contributed by atoms with E-state index in [1.807, 2.05) is 96.1 Å². The summed E-state index contributed by atoms with van der Waals surface area (Å²) in [6.45, 7) is 15.7. The third-order valence-electron chi connectivity index (χ3n) is 8.29. The lowest BCUT2D eigenvalue weighted by Gasteiger charge is -2.41. The number of ether oxygens (including phenoxy) is 2. The van der Waals surface area contributed by atoms with Gasteiger partial charge in [0.1, 0.15) is 11.8 Å². The van der Waals surface area contributed by atoms with Gasteiger partial charge in [-0.3, -0.25) is 9.59 Å². The second-order valence-corrected chi connectivity index (χ2v) is 14.4. The molecule has 0 radical (unpaired) electrons. The predicted molar refractivity (Wildman–Crippen MR) is 184 cm³/mol. The minimum atomic E-state index is -0.877. The van der Waals surface area contributed by atoms with Gasteiger partial charge in [0.05, 0.1) is 25.8 Å². The number of nitrogens with zero attached hydrogens (tertiary/aromatic N) is 1. The molecule has 2 aromatic rings. The Kier molecular flexibility index (Phi) is 14.2. The number of hydrogen-bond donors (Lipinski definition) is 2. The minimum Gasteiger partial charge on any atom is -0.497 e. The summed E-state index contributed by atoms with van der Waals surface area (Å²) in [4.78, 5) is 42.7. The van der Waals surface area contributed by atoms with E-state index in [1.165, 1.54) is 0 Å². The Hall–Kier alpha value is -3.30. The van der Waals surface area contributed by atoms with E-state index in [1.54, 1.807) is 57.8 Å². The molecule has 0 aliphatic rings. The van der Waals surface area contributed by atoms with Gasteiger partial charge in [-0.05, 0) is 63.9 Å². The molecule has 0 spiro atoms.